The minimum Gasteiger partial charge on any atom is -0.314 e. The summed E-state index contributed by atoms with van der Waals surface area (Å²) in [7, 11) is 0. The predicted octanol–water partition coefficient (Wildman–Crippen LogP) is 2.38. The van der Waals surface area contributed by atoms with Crippen LogP contribution in [-0.2, 0) is 0 Å². The molecule has 1 atom stereocenters. The van der Waals surface area contributed by atoms with Crippen LogP contribution in [0.2, 0.25) is 5.02 Å². The summed E-state index contributed by atoms with van der Waals surface area (Å²) in [4.78, 5) is 5.27. The molecule has 2 heterocycles. The van der Waals surface area contributed by atoms with E-state index in [1.54, 1.807) is 0 Å². The standard InChI is InChI=1S/C16H24ClN3/c1-2-16(13-3-5-14(17)6-4-13)20-9-7-19(8-10-20)15-11-18-12-15/h3-6,15-16,18H,2,7-12H2,1H3. The van der Waals surface area contributed by atoms with Crippen molar-refractivity contribution >= 4 is 11.6 Å². The van der Waals surface area contributed by atoms with Crippen molar-refractivity contribution in [3.8, 4) is 0 Å². The molecule has 110 valence electrons. The van der Waals surface area contributed by atoms with Gasteiger partial charge in [0, 0.05) is 56.4 Å². The number of hydrogen-bond donors (Lipinski definition) is 1. The maximum Gasteiger partial charge on any atom is 0.0406 e. The highest BCUT2D eigenvalue weighted by Gasteiger charge is 2.30. The van der Waals surface area contributed by atoms with Gasteiger partial charge in [0.25, 0.3) is 0 Å². The third kappa shape index (κ3) is 3.01. The third-order valence-electron chi connectivity index (χ3n) is 4.71. The van der Waals surface area contributed by atoms with Crippen molar-refractivity contribution in [3.05, 3.63) is 34.9 Å². The van der Waals surface area contributed by atoms with Gasteiger partial charge in [-0.1, -0.05) is 30.7 Å². The van der Waals surface area contributed by atoms with E-state index in [1.165, 1.54) is 44.8 Å². The normalized spacial score (nSPS) is 23.5. The Balaban J connectivity index is 1.61. The van der Waals surface area contributed by atoms with Crippen LogP contribution in [0.4, 0.5) is 0 Å². The van der Waals surface area contributed by atoms with Gasteiger partial charge in [-0.25, -0.2) is 0 Å². The third-order valence-corrected chi connectivity index (χ3v) is 4.96. The fourth-order valence-electron chi connectivity index (χ4n) is 3.34. The van der Waals surface area contributed by atoms with Crippen molar-refractivity contribution in [2.75, 3.05) is 39.3 Å². The fourth-order valence-corrected chi connectivity index (χ4v) is 3.46. The first-order chi connectivity index (χ1) is 9.78. The number of piperazine rings is 1. The number of halogens is 1. The highest BCUT2D eigenvalue weighted by molar-refractivity contribution is 6.30. The molecule has 2 aliphatic heterocycles. The zero-order valence-electron chi connectivity index (χ0n) is 12.2. The van der Waals surface area contributed by atoms with Crippen LogP contribution in [-0.4, -0.2) is 55.1 Å². The highest BCUT2D eigenvalue weighted by Crippen LogP contribution is 2.27. The largest absolute Gasteiger partial charge is 0.314 e. The fraction of sp³-hybridized carbons (Fsp3) is 0.625. The van der Waals surface area contributed by atoms with Crippen molar-refractivity contribution in [2.45, 2.75) is 25.4 Å². The number of benzene rings is 1. The van der Waals surface area contributed by atoms with Gasteiger partial charge in [-0.2, -0.15) is 0 Å². The van der Waals surface area contributed by atoms with E-state index in [9.17, 15) is 0 Å². The van der Waals surface area contributed by atoms with Gasteiger partial charge in [0.1, 0.15) is 0 Å². The average molecular weight is 294 g/mol. The monoisotopic (exact) mass is 293 g/mol. The molecular weight excluding hydrogens is 270 g/mol. The van der Waals surface area contributed by atoms with E-state index in [0.717, 1.165) is 17.5 Å². The molecule has 0 saturated carbocycles. The molecular formula is C16H24ClN3. The predicted molar refractivity (Wildman–Crippen MR) is 84.3 cm³/mol. The van der Waals surface area contributed by atoms with E-state index in [2.05, 4.69) is 34.2 Å². The van der Waals surface area contributed by atoms with Crippen molar-refractivity contribution in [3.63, 3.8) is 0 Å². The van der Waals surface area contributed by atoms with Crippen molar-refractivity contribution in [1.29, 1.82) is 0 Å². The van der Waals surface area contributed by atoms with Crippen LogP contribution in [0.5, 0.6) is 0 Å². The van der Waals surface area contributed by atoms with Crippen LogP contribution in [0.15, 0.2) is 24.3 Å². The van der Waals surface area contributed by atoms with Crippen molar-refractivity contribution < 1.29 is 0 Å². The minimum absolute atomic E-state index is 0.536. The maximum atomic E-state index is 6.00. The second-order valence-electron chi connectivity index (χ2n) is 5.86. The average Bonchev–Trinajstić information content (AvgIpc) is 2.42. The first kappa shape index (κ1) is 14.3. The molecule has 2 aliphatic rings. The molecule has 2 fully saturated rings. The lowest BCUT2D eigenvalue weighted by Crippen LogP contribution is -2.61. The van der Waals surface area contributed by atoms with Gasteiger partial charge < -0.3 is 5.32 Å². The highest BCUT2D eigenvalue weighted by atomic mass is 35.5. The summed E-state index contributed by atoms with van der Waals surface area (Å²) in [5.74, 6) is 0. The quantitative estimate of drug-likeness (QED) is 0.919. The second-order valence-corrected chi connectivity index (χ2v) is 6.30. The van der Waals surface area contributed by atoms with Crippen LogP contribution in [0.25, 0.3) is 0 Å². The lowest BCUT2D eigenvalue weighted by molar-refractivity contribution is 0.0502. The Morgan fingerprint density at radius 1 is 1.15 bits per heavy atom. The summed E-state index contributed by atoms with van der Waals surface area (Å²) >= 11 is 6.00. The Morgan fingerprint density at radius 3 is 2.30 bits per heavy atom. The summed E-state index contributed by atoms with van der Waals surface area (Å²) in [5, 5.41) is 4.19. The van der Waals surface area contributed by atoms with Gasteiger partial charge in [-0.3, -0.25) is 9.80 Å². The van der Waals surface area contributed by atoms with E-state index >= 15 is 0 Å². The van der Waals surface area contributed by atoms with Crippen LogP contribution in [0.3, 0.4) is 0 Å². The Morgan fingerprint density at radius 2 is 1.80 bits per heavy atom. The van der Waals surface area contributed by atoms with Gasteiger partial charge in [-0.05, 0) is 24.1 Å². The van der Waals surface area contributed by atoms with Crippen molar-refractivity contribution in [1.82, 2.24) is 15.1 Å². The van der Waals surface area contributed by atoms with E-state index in [-0.39, 0.29) is 0 Å². The number of hydrogen-bond acceptors (Lipinski definition) is 3. The number of nitrogens with one attached hydrogen (secondary N) is 1. The van der Waals surface area contributed by atoms with Gasteiger partial charge in [0.05, 0.1) is 0 Å². The molecule has 3 rings (SSSR count). The van der Waals surface area contributed by atoms with Gasteiger partial charge in [0.15, 0.2) is 0 Å². The first-order valence-electron chi connectivity index (χ1n) is 7.72. The molecule has 0 aromatic heterocycles. The minimum atomic E-state index is 0.536. The number of nitrogens with zero attached hydrogens (tertiary/aromatic N) is 2. The van der Waals surface area contributed by atoms with E-state index < -0.39 is 0 Å². The Bertz CT molecular complexity index is 422. The van der Waals surface area contributed by atoms with Crippen LogP contribution < -0.4 is 5.32 Å². The SMILES string of the molecule is CCC(c1ccc(Cl)cc1)N1CCN(C2CNC2)CC1. The zero-order valence-corrected chi connectivity index (χ0v) is 12.9. The Hall–Kier alpha value is -0.610. The molecule has 1 aromatic rings. The van der Waals surface area contributed by atoms with Gasteiger partial charge >= 0.3 is 0 Å². The topological polar surface area (TPSA) is 18.5 Å². The Labute approximate surface area is 126 Å². The van der Waals surface area contributed by atoms with Crippen LogP contribution in [0, 0.1) is 0 Å². The van der Waals surface area contributed by atoms with E-state index in [1.807, 2.05) is 12.1 Å². The number of rotatable bonds is 4. The van der Waals surface area contributed by atoms with E-state index in [0.29, 0.717) is 6.04 Å². The molecule has 0 amide bonds. The van der Waals surface area contributed by atoms with Crippen molar-refractivity contribution in [2.24, 2.45) is 0 Å². The van der Waals surface area contributed by atoms with Gasteiger partial charge in [0.2, 0.25) is 0 Å². The van der Waals surface area contributed by atoms with Crippen LogP contribution >= 0.6 is 11.6 Å². The molecule has 0 radical (unpaired) electrons. The molecule has 0 aliphatic carbocycles. The Kier molecular flexibility index (Phi) is 4.61. The molecule has 0 spiro atoms. The molecule has 1 aromatic carbocycles. The summed E-state index contributed by atoms with van der Waals surface area (Å²) in [6.07, 6.45) is 1.16. The lowest BCUT2D eigenvalue weighted by Gasteiger charge is -2.45. The zero-order chi connectivity index (χ0) is 13.9. The molecule has 0 bridgehead atoms. The lowest BCUT2D eigenvalue weighted by atomic mass is 10.0. The summed E-state index contributed by atoms with van der Waals surface area (Å²) in [6, 6.07) is 9.70. The molecule has 4 heteroatoms. The van der Waals surface area contributed by atoms with Gasteiger partial charge in [-0.15, -0.1) is 0 Å². The van der Waals surface area contributed by atoms with E-state index in [4.69, 9.17) is 11.6 Å². The molecule has 2 saturated heterocycles. The second kappa shape index (κ2) is 6.44. The molecule has 1 unspecified atom stereocenters. The summed E-state index contributed by atoms with van der Waals surface area (Å²) in [5.41, 5.74) is 1.40. The summed E-state index contributed by atoms with van der Waals surface area (Å²) in [6.45, 7) is 9.40. The first-order valence-corrected chi connectivity index (χ1v) is 8.10. The molecule has 3 nitrogen and oxygen atoms in total. The molecule has 20 heavy (non-hydrogen) atoms. The summed E-state index contributed by atoms with van der Waals surface area (Å²) < 4.78 is 0. The molecule has 1 N–H and O–H groups in total. The smallest absolute Gasteiger partial charge is 0.0406 e. The van der Waals surface area contributed by atoms with Crippen LogP contribution in [0.1, 0.15) is 24.9 Å². The maximum absolute atomic E-state index is 6.00.